The fourth-order valence-corrected chi connectivity index (χ4v) is 2.36. The Labute approximate surface area is 96.9 Å². The van der Waals surface area contributed by atoms with E-state index in [4.69, 9.17) is 5.73 Å². The van der Waals surface area contributed by atoms with E-state index in [1.165, 1.54) is 23.3 Å². The van der Waals surface area contributed by atoms with Crippen LogP contribution < -0.4 is 11.1 Å². The molecule has 2 nitrogen and oxygen atoms in total. The Bertz CT molecular complexity index is 270. The van der Waals surface area contributed by atoms with Gasteiger partial charge in [0, 0.05) is 11.4 Å². The zero-order chi connectivity index (χ0) is 11.1. The van der Waals surface area contributed by atoms with Crippen LogP contribution in [0.3, 0.4) is 0 Å². The predicted octanol–water partition coefficient (Wildman–Crippen LogP) is 2.52. The molecule has 1 rings (SSSR count). The molecular formula is C12H22N2S. The lowest BCUT2D eigenvalue weighted by Crippen LogP contribution is -2.17. The second-order valence-electron chi connectivity index (χ2n) is 4.19. The number of thiophene rings is 1. The van der Waals surface area contributed by atoms with Crippen LogP contribution in [0.5, 0.6) is 0 Å². The first-order valence-corrected chi connectivity index (χ1v) is 6.55. The molecule has 3 N–H and O–H groups in total. The Kier molecular flexibility index (Phi) is 5.91. The fraction of sp³-hybridized carbons (Fsp3) is 0.667. The second-order valence-corrected chi connectivity index (χ2v) is 5.19. The Balaban J connectivity index is 2.05. The summed E-state index contributed by atoms with van der Waals surface area (Å²) in [5.41, 5.74) is 6.97. The standard InChI is InChI=1S/C12H22N2S/c1-10(8-13)4-3-6-14-9-12-11(2)5-7-15-12/h5,7,10,14H,3-4,6,8-9,13H2,1-2H3. The van der Waals surface area contributed by atoms with Gasteiger partial charge in [-0.1, -0.05) is 6.92 Å². The summed E-state index contributed by atoms with van der Waals surface area (Å²) in [5, 5.41) is 5.63. The maximum atomic E-state index is 5.57. The molecule has 1 aromatic heterocycles. The largest absolute Gasteiger partial charge is 0.330 e. The highest BCUT2D eigenvalue weighted by Gasteiger charge is 2.00. The highest BCUT2D eigenvalue weighted by molar-refractivity contribution is 7.10. The molecule has 0 radical (unpaired) electrons. The monoisotopic (exact) mass is 226 g/mol. The Morgan fingerprint density at radius 3 is 2.93 bits per heavy atom. The molecule has 0 saturated carbocycles. The minimum atomic E-state index is 0.662. The number of hydrogen-bond donors (Lipinski definition) is 2. The van der Waals surface area contributed by atoms with Crippen molar-refractivity contribution < 1.29 is 0 Å². The smallest absolute Gasteiger partial charge is 0.0302 e. The van der Waals surface area contributed by atoms with Gasteiger partial charge in [0.15, 0.2) is 0 Å². The van der Waals surface area contributed by atoms with E-state index in [2.05, 4.69) is 30.6 Å². The van der Waals surface area contributed by atoms with Gasteiger partial charge >= 0.3 is 0 Å². The molecular weight excluding hydrogens is 204 g/mol. The molecule has 1 heterocycles. The van der Waals surface area contributed by atoms with Crippen LogP contribution in [0.1, 0.15) is 30.2 Å². The fourth-order valence-electron chi connectivity index (χ4n) is 1.48. The van der Waals surface area contributed by atoms with Crippen molar-refractivity contribution in [2.45, 2.75) is 33.2 Å². The van der Waals surface area contributed by atoms with E-state index in [1.807, 2.05) is 11.3 Å². The summed E-state index contributed by atoms with van der Waals surface area (Å²) in [5.74, 6) is 0.662. The zero-order valence-electron chi connectivity index (χ0n) is 9.75. The first kappa shape index (κ1) is 12.7. The van der Waals surface area contributed by atoms with Gasteiger partial charge in [-0.15, -0.1) is 11.3 Å². The minimum Gasteiger partial charge on any atom is -0.330 e. The van der Waals surface area contributed by atoms with Crippen LogP contribution >= 0.6 is 11.3 Å². The van der Waals surface area contributed by atoms with Gasteiger partial charge in [0.2, 0.25) is 0 Å². The highest BCUT2D eigenvalue weighted by atomic mass is 32.1. The van der Waals surface area contributed by atoms with Crippen molar-refractivity contribution in [3.63, 3.8) is 0 Å². The third kappa shape index (κ3) is 4.78. The van der Waals surface area contributed by atoms with Crippen LogP contribution in [0, 0.1) is 12.8 Å². The molecule has 0 bridgehead atoms. The second kappa shape index (κ2) is 6.99. The quantitative estimate of drug-likeness (QED) is 0.701. The van der Waals surface area contributed by atoms with Gasteiger partial charge in [0.05, 0.1) is 0 Å². The van der Waals surface area contributed by atoms with Crippen molar-refractivity contribution in [3.05, 3.63) is 21.9 Å². The van der Waals surface area contributed by atoms with Crippen LogP contribution in [0.25, 0.3) is 0 Å². The zero-order valence-corrected chi connectivity index (χ0v) is 10.6. The number of hydrogen-bond acceptors (Lipinski definition) is 3. The lowest BCUT2D eigenvalue weighted by Gasteiger charge is -2.08. The summed E-state index contributed by atoms with van der Waals surface area (Å²) in [6, 6.07) is 2.18. The molecule has 0 aliphatic rings. The van der Waals surface area contributed by atoms with Gasteiger partial charge in [-0.2, -0.15) is 0 Å². The van der Waals surface area contributed by atoms with Crippen LogP contribution in [-0.2, 0) is 6.54 Å². The molecule has 3 heteroatoms. The SMILES string of the molecule is Cc1ccsc1CNCCCC(C)CN. The first-order valence-electron chi connectivity index (χ1n) is 5.67. The molecule has 0 aromatic carbocycles. The van der Waals surface area contributed by atoms with E-state index >= 15 is 0 Å². The maximum absolute atomic E-state index is 5.57. The number of nitrogens with two attached hydrogens (primary N) is 1. The van der Waals surface area contributed by atoms with Crippen LogP contribution in [0.4, 0.5) is 0 Å². The predicted molar refractivity (Wildman–Crippen MR) is 68.2 cm³/mol. The number of nitrogens with one attached hydrogen (secondary N) is 1. The number of aryl methyl sites for hydroxylation is 1. The lowest BCUT2D eigenvalue weighted by molar-refractivity contribution is 0.502. The van der Waals surface area contributed by atoms with Crippen LogP contribution in [-0.4, -0.2) is 13.1 Å². The molecule has 0 spiro atoms. The van der Waals surface area contributed by atoms with Gasteiger partial charge in [-0.3, -0.25) is 0 Å². The van der Waals surface area contributed by atoms with Gasteiger partial charge in [-0.25, -0.2) is 0 Å². The van der Waals surface area contributed by atoms with Gasteiger partial charge in [0.1, 0.15) is 0 Å². The third-order valence-corrected chi connectivity index (χ3v) is 3.73. The molecule has 0 fully saturated rings. The molecule has 86 valence electrons. The van der Waals surface area contributed by atoms with Crippen molar-refractivity contribution >= 4 is 11.3 Å². The summed E-state index contributed by atoms with van der Waals surface area (Å²) in [6.07, 6.45) is 2.45. The maximum Gasteiger partial charge on any atom is 0.0302 e. The van der Waals surface area contributed by atoms with Crippen LogP contribution in [0.15, 0.2) is 11.4 Å². The Morgan fingerprint density at radius 2 is 2.33 bits per heavy atom. The molecule has 0 aliphatic carbocycles. The van der Waals surface area contributed by atoms with E-state index in [1.54, 1.807) is 0 Å². The highest BCUT2D eigenvalue weighted by Crippen LogP contribution is 2.14. The lowest BCUT2D eigenvalue weighted by atomic mass is 10.1. The molecule has 15 heavy (non-hydrogen) atoms. The summed E-state index contributed by atoms with van der Waals surface area (Å²) in [7, 11) is 0. The van der Waals surface area contributed by atoms with E-state index < -0.39 is 0 Å². The van der Waals surface area contributed by atoms with Gasteiger partial charge in [0.25, 0.3) is 0 Å². The molecule has 0 aliphatic heterocycles. The number of rotatable bonds is 7. The third-order valence-electron chi connectivity index (χ3n) is 2.71. The summed E-state index contributed by atoms with van der Waals surface area (Å²) >= 11 is 1.84. The van der Waals surface area contributed by atoms with E-state index in [-0.39, 0.29) is 0 Å². The van der Waals surface area contributed by atoms with E-state index in [0.717, 1.165) is 19.6 Å². The van der Waals surface area contributed by atoms with Crippen molar-refractivity contribution in [3.8, 4) is 0 Å². The van der Waals surface area contributed by atoms with Crippen molar-refractivity contribution in [2.75, 3.05) is 13.1 Å². The molecule has 0 amide bonds. The van der Waals surface area contributed by atoms with E-state index in [9.17, 15) is 0 Å². The average molecular weight is 226 g/mol. The van der Waals surface area contributed by atoms with Gasteiger partial charge < -0.3 is 11.1 Å². The van der Waals surface area contributed by atoms with Gasteiger partial charge in [-0.05, 0) is 55.8 Å². The summed E-state index contributed by atoms with van der Waals surface area (Å²) < 4.78 is 0. The summed E-state index contributed by atoms with van der Waals surface area (Å²) in [4.78, 5) is 1.46. The Hall–Kier alpha value is -0.380. The Morgan fingerprint density at radius 1 is 1.53 bits per heavy atom. The first-order chi connectivity index (χ1) is 7.24. The van der Waals surface area contributed by atoms with Crippen molar-refractivity contribution in [1.29, 1.82) is 0 Å². The summed E-state index contributed by atoms with van der Waals surface area (Å²) in [6.45, 7) is 7.31. The topological polar surface area (TPSA) is 38.0 Å². The molecule has 1 unspecified atom stereocenters. The van der Waals surface area contributed by atoms with Crippen molar-refractivity contribution in [2.24, 2.45) is 11.7 Å². The average Bonchev–Trinajstić information content (AvgIpc) is 2.63. The normalized spacial score (nSPS) is 13.0. The molecule has 1 aromatic rings. The molecule has 0 saturated heterocycles. The van der Waals surface area contributed by atoms with Crippen LogP contribution in [0.2, 0.25) is 0 Å². The van der Waals surface area contributed by atoms with Crippen molar-refractivity contribution in [1.82, 2.24) is 5.32 Å². The minimum absolute atomic E-state index is 0.662. The van der Waals surface area contributed by atoms with E-state index in [0.29, 0.717) is 5.92 Å². The molecule has 1 atom stereocenters.